The smallest absolute Gasteiger partial charge is 0.344 e. The molecule has 1 heterocycles. The number of benzene rings is 3. The Kier molecular flexibility index (Phi) is 8.36. The number of esters is 1. The van der Waals surface area contributed by atoms with Gasteiger partial charge in [0.25, 0.3) is 15.9 Å². The van der Waals surface area contributed by atoms with Crippen LogP contribution in [0.4, 0.5) is 14.5 Å². The lowest BCUT2D eigenvalue weighted by molar-refractivity contribution is -0.157. The van der Waals surface area contributed by atoms with Gasteiger partial charge < -0.3 is 14.4 Å². The van der Waals surface area contributed by atoms with E-state index in [9.17, 15) is 26.8 Å². The Labute approximate surface area is 235 Å². The van der Waals surface area contributed by atoms with E-state index in [0.717, 1.165) is 18.6 Å². The third-order valence-electron chi connectivity index (χ3n) is 5.83. The summed E-state index contributed by atoms with van der Waals surface area (Å²) in [5.41, 5.74) is -1.06. The van der Waals surface area contributed by atoms with E-state index in [4.69, 9.17) is 21.1 Å². The van der Waals surface area contributed by atoms with Gasteiger partial charge in [-0.2, -0.15) is 0 Å². The summed E-state index contributed by atoms with van der Waals surface area (Å²) in [6.45, 7) is 5.24. The SMILES string of the molecule is CC(C)(C)OC(=O)COc1c(Cl)cc(C(=O)N2CCC2)cc1S(=O)(=O)Nc1cc(-c2ccccc2)c(F)cc1F. The monoisotopic (exact) mass is 592 g/mol. The van der Waals surface area contributed by atoms with Crippen LogP contribution in [-0.4, -0.2) is 50.5 Å². The first-order chi connectivity index (χ1) is 18.7. The number of hydrogen-bond donors (Lipinski definition) is 1. The molecule has 0 bridgehead atoms. The number of halogens is 3. The van der Waals surface area contributed by atoms with Crippen molar-refractivity contribution in [3.8, 4) is 16.9 Å². The van der Waals surface area contributed by atoms with E-state index >= 15 is 0 Å². The zero-order valence-electron chi connectivity index (χ0n) is 22.0. The van der Waals surface area contributed by atoms with Crippen LogP contribution in [0.3, 0.4) is 0 Å². The Morgan fingerprint density at radius 1 is 1.02 bits per heavy atom. The van der Waals surface area contributed by atoms with Crippen molar-refractivity contribution < 1.29 is 36.3 Å². The number of amides is 1. The molecule has 40 heavy (non-hydrogen) atoms. The second-order valence-corrected chi connectivity index (χ2v) is 12.1. The first kappa shape index (κ1) is 29.3. The number of likely N-dealkylation sites (tertiary alicyclic amines) is 1. The van der Waals surface area contributed by atoms with Crippen molar-refractivity contribution in [3.05, 3.63) is 76.8 Å². The van der Waals surface area contributed by atoms with E-state index < -0.39 is 62.1 Å². The van der Waals surface area contributed by atoms with Crippen molar-refractivity contribution >= 4 is 39.2 Å². The molecule has 8 nitrogen and oxygen atoms in total. The van der Waals surface area contributed by atoms with Crippen LogP contribution < -0.4 is 9.46 Å². The summed E-state index contributed by atoms with van der Waals surface area (Å²) in [7, 11) is -4.70. The molecule has 1 aliphatic heterocycles. The van der Waals surface area contributed by atoms with Crippen molar-refractivity contribution in [3.63, 3.8) is 0 Å². The Balaban J connectivity index is 1.74. The van der Waals surface area contributed by atoms with E-state index in [2.05, 4.69) is 4.72 Å². The quantitative estimate of drug-likeness (QED) is 0.339. The molecule has 0 aromatic heterocycles. The van der Waals surface area contributed by atoms with Crippen molar-refractivity contribution in [2.24, 2.45) is 0 Å². The van der Waals surface area contributed by atoms with Gasteiger partial charge in [0.05, 0.1) is 10.7 Å². The largest absolute Gasteiger partial charge is 0.479 e. The summed E-state index contributed by atoms with van der Waals surface area (Å²) in [6.07, 6.45) is 0.802. The van der Waals surface area contributed by atoms with Gasteiger partial charge in [-0.1, -0.05) is 41.9 Å². The summed E-state index contributed by atoms with van der Waals surface area (Å²) in [5, 5.41) is -0.264. The van der Waals surface area contributed by atoms with Crippen LogP contribution in [0.1, 0.15) is 37.6 Å². The lowest BCUT2D eigenvalue weighted by Crippen LogP contribution is -2.42. The van der Waals surface area contributed by atoms with Crippen LogP contribution in [0.2, 0.25) is 5.02 Å². The molecule has 4 rings (SSSR count). The van der Waals surface area contributed by atoms with Gasteiger partial charge in [0, 0.05) is 30.3 Å². The molecule has 0 aliphatic carbocycles. The molecule has 1 saturated heterocycles. The molecule has 0 unspecified atom stereocenters. The summed E-state index contributed by atoms with van der Waals surface area (Å²) in [4.78, 5) is 26.0. The zero-order chi connectivity index (χ0) is 29.2. The van der Waals surface area contributed by atoms with Crippen LogP contribution in [0.25, 0.3) is 11.1 Å². The molecule has 1 N–H and O–H groups in total. The molecule has 0 atom stereocenters. The van der Waals surface area contributed by atoms with Crippen LogP contribution >= 0.6 is 11.6 Å². The first-order valence-electron chi connectivity index (χ1n) is 12.3. The molecule has 12 heteroatoms. The third-order valence-corrected chi connectivity index (χ3v) is 7.48. The number of hydrogen-bond acceptors (Lipinski definition) is 6. The summed E-state index contributed by atoms with van der Waals surface area (Å²) in [5.74, 6) is -3.75. The van der Waals surface area contributed by atoms with E-state index in [1.807, 2.05) is 0 Å². The lowest BCUT2D eigenvalue weighted by atomic mass is 10.0. The standard InChI is InChI=1S/C28H27ClF2N2O6S/c1-28(2,3)39-25(34)16-38-26-20(29)12-18(27(35)33-10-7-11-33)13-24(26)40(36,37)32-23-14-19(21(30)15-22(23)31)17-8-5-4-6-9-17/h4-6,8-9,12-15,32H,7,10-11,16H2,1-3H3. The highest BCUT2D eigenvalue weighted by Crippen LogP contribution is 2.37. The second kappa shape index (κ2) is 11.4. The Hall–Kier alpha value is -3.70. The predicted octanol–water partition coefficient (Wildman–Crippen LogP) is 5.65. The van der Waals surface area contributed by atoms with Crippen LogP contribution in [0, 0.1) is 11.6 Å². The number of ether oxygens (including phenoxy) is 2. The van der Waals surface area contributed by atoms with Gasteiger partial charge in [-0.05, 0) is 51.0 Å². The molecule has 3 aromatic carbocycles. The molecule has 212 valence electrons. The highest BCUT2D eigenvalue weighted by atomic mass is 35.5. The van der Waals surface area contributed by atoms with E-state index in [1.54, 1.807) is 51.1 Å². The van der Waals surface area contributed by atoms with Gasteiger partial charge in [-0.25, -0.2) is 22.0 Å². The van der Waals surface area contributed by atoms with Crippen LogP contribution in [0.5, 0.6) is 5.75 Å². The third kappa shape index (κ3) is 6.71. The minimum Gasteiger partial charge on any atom is -0.479 e. The number of carbonyl (C=O) groups is 2. The van der Waals surface area contributed by atoms with Crippen molar-refractivity contribution in [1.82, 2.24) is 4.90 Å². The summed E-state index contributed by atoms with van der Waals surface area (Å²) < 4.78 is 69.4. The summed E-state index contributed by atoms with van der Waals surface area (Å²) in [6, 6.07) is 12.1. The predicted molar refractivity (Wildman–Crippen MR) is 146 cm³/mol. The first-order valence-corrected chi connectivity index (χ1v) is 14.2. The number of sulfonamides is 1. The number of nitrogens with zero attached hydrogens (tertiary/aromatic N) is 1. The molecular weight excluding hydrogens is 566 g/mol. The fraction of sp³-hybridized carbons (Fsp3) is 0.286. The minimum atomic E-state index is -4.70. The van der Waals surface area contributed by atoms with Gasteiger partial charge in [0.15, 0.2) is 12.4 Å². The van der Waals surface area contributed by atoms with Crippen LogP contribution in [-0.2, 0) is 19.6 Å². The maximum Gasteiger partial charge on any atom is 0.344 e. The highest BCUT2D eigenvalue weighted by Gasteiger charge is 2.30. The fourth-order valence-electron chi connectivity index (χ4n) is 3.90. The maximum absolute atomic E-state index is 14.8. The Morgan fingerprint density at radius 3 is 2.30 bits per heavy atom. The van der Waals surface area contributed by atoms with Crippen molar-refractivity contribution in [1.29, 1.82) is 0 Å². The average Bonchev–Trinajstić information content (AvgIpc) is 2.82. The summed E-state index contributed by atoms with van der Waals surface area (Å²) >= 11 is 6.36. The number of rotatable bonds is 8. The molecule has 0 radical (unpaired) electrons. The maximum atomic E-state index is 14.8. The van der Waals surface area contributed by atoms with Crippen molar-refractivity contribution in [2.75, 3.05) is 24.4 Å². The second-order valence-electron chi connectivity index (χ2n) is 10.1. The molecule has 1 fully saturated rings. The van der Waals surface area contributed by atoms with Gasteiger partial charge in [-0.3, -0.25) is 9.52 Å². The Bertz CT molecular complexity index is 1560. The average molecular weight is 593 g/mol. The topological polar surface area (TPSA) is 102 Å². The zero-order valence-corrected chi connectivity index (χ0v) is 23.5. The van der Waals surface area contributed by atoms with E-state index in [1.165, 1.54) is 11.0 Å². The van der Waals surface area contributed by atoms with Crippen molar-refractivity contribution in [2.45, 2.75) is 37.7 Å². The molecule has 0 spiro atoms. The number of carbonyl (C=O) groups excluding carboxylic acids is 2. The van der Waals surface area contributed by atoms with E-state index in [0.29, 0.717) is 24.7 Å². The number of nitrogens with one attached hydrogen (secondary N) is 1. The molecule has 1 amide bonds. The molecule has 3 aromatic rings. The van der Waals surface area contributed by atoms with Gasteiger partial charge in [0.2, 0.25) is 0 Å². The van der Waals surface area contributed by atoms with Crippen LogP contribution in [0.15, 0.2) is 59.5 Å². The van der Waals surface area contributed by atoms with Gasteiger partial charge in [-0.15, -0.1) is 0 Å². The minimum absolute atomic E-state index is 0.0409. The lowest BCUT2D eigenvalue weighted by Gasteiger charge is -2.31. The normalized spacial score (nSPS) is 13.4. The Morgan fingerprint density at radius 2 is 1.70 bits per heavy atom. The van der Waals surface area contributed by atoms with E-state index in [-0.39, 0.29) is 16.1 Å². The highest BCUT2D eigenvalue weighted by molar-refractivity contribution is 7.92. The van der Waals surface area contributed by atoms with Gasteiger partial charge in [0.1, 0.15) is 22.1 Å². The van der Waals surface area contributed by atoms with Gasteiger partial charge >= 0.3 is 5.97 Å². The fourth-order valence-corrected chi connectivity index (χ4v) is 5.48. The molecular formula is C28H27ClF2N2O6S. The number of anilines is 1. The molecule has 1 aliphatic rings. The molecule has 0 saturated carbocycles.